The summed E-state index contributed by atoms with van der Waals surface area (Å²) in [5.41, 5.74) is 1.42. The second kappa shape index (κ2) is 9.83. The van der Waals surface area contributed by atoms with Crippen molar-refractivity contribution in [3.05, 3.63) is 71.3 Å². The Kier molecular flexibility index (Phi) is 6.95. The molecule has 2 aromatic carbocycles. The quantitative estimate of drug-likeness (QED) is 0.584. The first-order valence-corrected chi connectivity index (χ1v) is 9.80. The Hall–Kier alpha value is -2.95. The summed E-state index contributed by atoms with van der Waals surface area (Å²) in [6.45, 7) is 1.21. The van der Waals surface area contributed by atoms with Crippen LogP contribution in [0.15, 0.2) is 54.6 Å². The van der Waals surface area contributed by atoms with Gasteiger partial charge in [-0.3, -0.25) is 9.59 Å². The third-order valence-corrected chi connectivity index (χ3v) is 4.95. The van der Waals surface area contributed by atoms with E-state index in [-0.39, 0.29) is 18.3 Å². The van der Waals surface area contributed by atoms with Gasteiger partial charge in [0.1, 0.15) is 0 Å². The molecule has 5 heteroatoms. The molecule has 1 saturated heterocycles. The maximum atomic E-state index is 12.4. The molecule has 0 radical (unpaired) electrons. The number of esters is 1. The van der Waals surface area contributed by atoms with Crippen molar-refractivity contribution in [2.45, 2.75) is 32.1 Å². The molecule has 28 heavy (non-hydrogen) atoms. The molecular formula is C23H25NO4. The average Bonchev–Trinajstić information content (AvgIpc) is 2.72. The van der Waals surface area contributed by atoms with E-state index < -0.39 is 5.97 Å². The van der Waals surface area contributed by atoms with Gasteiger partial charge in [0.05, 0.1) is 5.56 Å². The monoisotopic (exact) mass is 379 g/mol. The van der Waals surface area contributed by atoms with Crippen LogP contribution in [-0.4, -0.2) is 42.3 Å². The molecule has 0 spiro atoms. The molecule has 146 valence electrons. The van der Waals surface area contributed by atoms with Gasteiger partial charge in [-0.25, -0.2) is 4.79 Å². The summed E-state index contributed by atoms with van der Waals surface area (Å²) >= 11 is 0. The van der Waals surface area contributed by atoms with E-state index in [1.54, 1.807) is 41.3 Å². The SMILES string of the molecule is O=C(OCC(=O)N1CCCCCCC1)c1ccc(C(=O)c2ccccc2)cc1. The third kappa shape index (κ3) is 5.28. The zero-order valence-electron chi connectivity index (χ0n) is 15.9. The van der Waals surface area contributed by atoms with Gasteiger partial charge in [0.2, 0.25) is 0 Å². The van der Waals surface area contributed by atoms with Crippen molar-refractivity contribution in [2.75, 3.05) is 19.7 Å². The predicted octanol–water partition coefficient (Wildman–Crippen LogP) is 3.87. The fraction of sp³-hybridized carbons (Fsp3) is 0.348. The molecule has 0 aromatic heterocycles. The Balaban J connectivity index is 1.54. The van der Waals surface area contributed by atoms with Crippen LogP contribution in [0.1, 0.15) is 58.4 Å². The first-order valence-electron chi connectivity index (χ1n) is 9.80. The molecule has 1 fully saturated rings. The lowest BCUT2D eigenvalue weighted by Crippen LogP contribution is -2.36. The molecule has 0 aliphatic carbocycles. The first-order chi connectivity index (χ1) is 13.6. The number of rotatable bonds is 5. The third-order valence-electron chi connectivity index (χ3n) is 4.95. The van der Waals surface area contributed by atoms with Crippen LogP contribution in [0.4, 0.5) is 0 Å². The minimum Gasteiger partial charge on any atom is -0.452 e. The van der Waals surface area contributed by atoms with Crippen molar-refractivity contribution in [3.8, 4) is 0 Å². The van der Waals surface area contributed by atoms with Gasteiger partial charge in [-0.2, -0.15) is 0 Å². The van der Waals surface area contributed by atoms with E-state index in [2.05, 4.69) is 0 Å². The van der Waals surface area contributed by atoms with Gasteiger partial charge in [0.25, 0.3) is 5.91 Å². The van der Waals surface area contributed by atoms with Gasteiger partial charge in [-0.1, -0.05) is 61.7 Å². The van der Waals surface area contributed by atoms with Crippen LogP contribution in [0.2, 0.25) is 0 Å². The minimum atomic E-state index is -0.556. The fourth-order valence-electron chi connectivity index (χ4n) is 3.31. The van der Waals surface area contributed by atoms with Crippen molar-refractivity contribution < 1.29 is 19.1 Å². The zero-order valence-corrected chi connectivity index (χ0v) is 15.9. The van der Waals surface area contributed by atoms with E-state index in [0.29, 0.717) is 16.7 Å². The van der Waals surface area contributed by atoms with Crippen LogP contribution in [-0.2, 0) is 9.53 Å². The lowest BCUT2D eigenvalue weighted by Gasteiger charge is -2.24. The number of amides is 1. The number of hydrogen-bond acceptors (Lipinski definition) is 4. The van der Waals surface area contributed by atoms with Crippen molar-refractivity contribution in [1.29, 1.82) is 0 Å². The van der Waals surface area contributed by atoms with Gasteiger partial charge in [0, 0.05) is 24.2 Å². The average molecular weight is 379 g/mol. The van der Waals surface area contributed by atoms with Crippen molar-refractivity contribution in [1.82, 2.24) is 4.90 Å². The van der Waals surface area contributed by atoms with Crippen molar-refractivity contribution in [3.63, 3.8) is 0 Å². The first kappa shape index (κ1) is 19.8. The standard InChI is InChI=1S/C23H25NO4/c25-21(24-15-7-2-1-3-8-16-24)17-28-23(27)20-13-11-19(12-14-20)22(26)18-9-5-4-6-10-18/h4-6,9-14H,1-3,7-8,15-17H2. The zero-order chi connectivity index (χ0) is 19.8. The molecule has 0 saturated carbocycles. The number of nitrogens with zero attached hydrogens (tertiary/aromatic N) is 1. The van der Waals surface area contributed by atoms with Gasteiger partial charge in [0.15, 0.2) is 12.4 Å². The van der Waals surface area contributed by atoms with Crippen LogP contribution < -0.4 is 0 Å². The summed E-state index contributed by atoms with van der Waals surface area (Å²) < 4.78 is 5.19. The van der Waals surface area contributed by atoms with Gasteiger partial charge in [-0.15, -0.1) is 0 Å². The summed E-state index contributed by atoms with van der Waals surface area (Å²) in [5.74, 6) is -0.807. The fourth-order valence-corrected chi connectivity index (χ4v) is 3.31. The van der Waals surface area contributed by atoms with Crippen LogP contribution in [0.3, 0.4) is 0 Å². The van der Waals surface area contributed by atoms with E-state index in [9.17, 15) is 14.4 Å². The number of hydrogen-bond donors (Lipinski definition) is 0. The highest BCUT2D eigenvalue weighted by molar-refractivity contribution is 6.09. The van der Waals surface area contributed by atoms with Crippen molar-refractivity contribution >= 4 is 17.7 Å². The molecule has 0 bridgehead atoms. The van der Waals surface area contributed by atoms with Crippen LogP contribution in [0, 0.1) is 0 Å². The molecule has 1 aliphatic heterocycles. The molecule has 0 atom stereocenters. The summed E-state index contributed by atoms with van der Waals surface area (Å²) in [6, 6.07) is 15.3. The van der Waals surface area contributed by atoms with Crippen molar-refractivity contribution in [2.24, 2.45) is 0 Å². The lowest BCUT2D eigenvalue weighted by molar-refractivity contribution is -0.134. The highest BCUT2D eigenvalue weighted by Gasteiger charge is 2.17. The number of carbonyl (C=O) groups excluding carboxylic acids is 3. The van der Waals surface area contributed by atoms with Gasteiger partial charge in [-0.05, 0) is 25.0 Å². The second-order valence-electron chi connectivity index (χ2n) is 7.00. The topological polar surface area (TPSA) is 63.7 Å². The van der Waals surface area contributed by atoms with Gasteiger partial charge >= 0.3 is 5.97 Å². The largest absolute Gasteiger partial charge is 0.452 e. The Morgan fingerprint density at radius 1 is 0.714 bits per heavy atom. The number of carbonyl (C=O) groups is 3. The number of ketones is 1. The molecule has 0 unspecified atom stereocenters. The molecule has 1 aliphatic rings. The second-order valence-corrected chi connectivity index (χ2v) is 7.00. The van der Waals surface area contributed by atoms with Crippen LogP contribution in [0.5, 0.6) is 0 Å². The summed E-state index contributed by atoms with van der Waals surface area (Å²) in [4.78, 5) is 38.7. The smallest absolute Gasteiger partial charge is 0.338 e. The number of benzene rings is 2. The van der Waals surface area contributed by atoms with Crippen LogP contribution >= 0.6 is 0 Å². The number of likely N-dealkylation sites (tertiary alicyclic amines) is 1. The highest BCUT2D eigenvalue weighted by atomic mass is 16.5. The molecular weight excluding hydrogens is 354 g/mol. The molecule has 0 N–H and O–H groups in total. The Bertz CT molecular complexity index is 806. The normalized spacial score (nSPS) is 14.6. The summed E-state index contributed by atoms with van der Waals surface area (Å²) in [5, 5.41) is 0. The summed E-state index contributed by atoms with van der Waals surface area (Å²) in [6.07, 6.45) is 5.49. The van der Waals surface area contributed by atoms with Crippen LogP contribution in [0.25, 0.3) is 0 Å². The van der Waals surface area contributed by atoms with Gasteiger partial charge < -0.3 is 9.64 Å². The maximum absolute atomic E-state index is 12.4. The maximum Gasteiger partial charge on any atom is 0.338 e. The molecule has 5 nitrogen and oxygen atoms in total. The van der Waals surface area contributed by atoms with E-state index in [4.69, 9.17) is 4.74 Å². The predicted molar refractivity (Wildman–Crippen MR) is 106 cm³/mol. The Morgan fingerprint density at radius 2 is 1.25 bits per heavy atom. The van der Waals surface area contributed by atoms with E-state index in [1.165, 1.54) is 6.42 Å². The lowest BCUT2D eigenvalue weighted by atomic mass is 10.0. The molecule has 1 heterocycles. The summed E-state index contributed by atoms with van der Waals surface area (Å²) in [7, 11) is 0. The molecule has 3 rings (SSSR count). The van der Waals surface area contributed by atoms with E-state index >= 15 is 0 Å². The molecule has 1 amide bonds. The number of ether oxygens (including phenoxy) is 1. The highest BCUT2D eigenvalue weighted by Crippen LogP contribution is 2.13. The Labute approximate surface area is 165 Å². The minimum absolute atomic E-state index is 0.104. The molecule has 2 aromatic rings. The Morgan fingerprint density at radius 3 is 1.89 bits per heavy atom. The van der Waals surface area contributed by atoms with E-state index in [1.807, 2.05) is 18.2 Å². The van der Waals surface area contributed by atoms with E-state index in [0.717, 1.165) is 38.8 Å².